The van der Waals surface area contributed by atoms with Gasteiger partial charge in [-0.25, -0.2) is 9.97 Å². The minimum Gasteiger partial charge on any atom is -0.341 e. The fourth-order valence-corrected chi connectivity index (χ4v) is 6.77. The maximum Gasteiger partial charge on any atom is 0.123 e. The monoisotopic (exact) mass is 625 g/mol. The van der Waals surface area contributed by atoms with Gasteiger partial charge in [0.1, 0.15) is 11.6 Å². The molecule has 2 saturated heterocycles. The van der Waals surface area contributed by atoms with Crippen LogP contribution in [0.4, 0.5) is 0 Å². The Hall–Kier alpha value is -4.33. The average molecular weight is 626 g/mol. The van der Waals surface area contributed by atoms with Crippen LogP contribution in [0.2, 0.25) is 0 Å². The summed E-state index contributed by atoms with van der Waals surface area (Å²) in [4.78, 5) is 21.6. The van der Waals surface area contributed by atoms with E-state index in [1.165, 1.54) is 29.5 Å². The Morgan fingerprint density at radius 3 is 1.70 bits per heavy atom. The number of rotatable bonds is 10. The lowest BCUT2D eigenvalue weighted by Crippen LogP contribution is -2.14. The van der Waals surface area contributed by atoms with Crippen LogP contribution >= 0.6 is 0 Å². The Morgan fingerprint density at radius 2 is 1.21 bits per heavy atom. The van der Waals surface area contributed by atoms with Gasteiger partial charge in [-0.15, -0.1) is 0 Å². The van der Waals surface area contributed by atoms with Crippen molar-refractivity contribution in [2.75, 3.05) is 19.6 Å². The number of H-pyrrole nitrogens is 2. The lowest BCUT2D eigenvalue weighted by atomic mass is 9.86. The second-order valence-electron chi connectivity index (χ2n) is 14.1. The normalized spacial score (nSPS) is 18.7. The molecule has 2 unspecified atom stereocenters. The Labute approximate surface area is 278 Å². The molecule has 2 aliphatic heterocycles. The van der Waals surface area contributed by atoms with Gasteiger partial charge in [0.2, 0.25) is 0 Å². The highest BCUT2D eigenvalue weighted by Gasteiger charge is 2.21. The highest BCUT2D eigenvalue weighted by Crippen LogP contribution is 2.27. The Bertz CT molecular complexity index is 1780. The summed E-state index contributed by atoms with van der Waals surface area (Å²) in [5, 5.41) is 7.05. The zero-order valence-electron chi connectivity index (χ0n) is 27.9. The molecule has 7 rings (SSSR count). The smallest absolute Gasteiger partial charge is 0.123 e. The van der Waals surface area contributed by atoms with Crippen molar-refractivity contribution in [2.24, 2.45) is 4.99 Å². The summed E-state index contributed by atoms with van der Waals surface area (Å²) < 4.78 is 0. The van der Waals surface area contributed by atoms with E-state index in [2.05, 4.69) is 124 Å². The number of aromatic amines is 2. The summed E-state index contributed by atoms with van der Waals surface area (Å²) in [6.07, 6.45) is 10.6. The maximum absolute atomic E-state index is 5.20. The van der Waals surface area contributed by atoms with Crippen LogP contribution in [0.1, 0.15) is 98.9 Å². The summed E-state index contributed by atoms with van der Waals surface area (Å²) >= 11 is 0. The number of benzene rings is 3. The number of nitrogens with zero attached hydrogens (tertiary/aromatic N) is 3. The first kappa shape index (κ1) is 31.3. The minimum atomic E-state index is 0.108. The molecule has 4 heterocycles. The first-order valence-corrected chi connectivity index (χ1v) is 17.3. The largest absolute Gasteiger partial charge is 0.341 e. The fourth-order valence-electron chi connectivity index (χ4n) is 6.77. The van der Waals surface area contributed by atoms with Gasteiger partial charge < -0.3 is 20.6 Å². The molecule has 242 valence electrons. The molecule has 2 aromatic heterocycles. The number of aliphatic imine (C=N–C) groups is 1. The topological polar surface area (TPSA) is 93.8 Å². The first-order chi connectivity index (χ1) is 22.9. The van der Waals surface area contributed by atoms with Crippen LogP contribution in [0, 0.1) is 0 Å². The molecule has 7 nitrogen and oxygen atoms in total. The predicted octanol–water partition coefficient (Wildman–Crippen LogP) is 8.08. The van der Waals surface area contributed by atoms with Crippen LogP contribution in [0.5, 0.6) is 0 Å². The number of nitrogens with one attached hydrogen (secondary N) is 4. The van der Waals surface area contributed by atoms with Crippen LogP contribution in [0.25, 0.3) is 22.5 Å². The number of hydrogen-bond acceptors (Lipinski definition) is 5. The van der Waals surface area contributed by atoms with E-state index in [9.17, 15) is 0 Å². The van der Waals surface area contributed by atoms with Gasteiger partial charge in [0.25, 0.3) is 0 Å². The number of aryl methyl sites for hydroxylation is 1. The average Bonchev–Trinajstić information content (AvgIpc) is 3.92. The van der Waals surface area contributed by atoms with Crippen molar-refractivity contribution in [2.45, 2.75) is 76.8 Å². The summed E-state index contributed by atoms with van der Waals surface area (Å²) in [5.41, 5.74) is 10.5. The molecule has 0 spiro atoms. The molecular weight excluding hydrogens is 578 g/mol. The van der Waals surface area contributed by atoms with Crippen molar-refractivity contribution < 1.29 is 0 Å². The molecule has 0 saturated carbocycles. The molecule has 2 atom stereocenters. The molecule has 47 heavy (non-hydrogen) atoms. The quantitative estimate of drug-likeness (QED) is 0.0932. The van der Waals surface area contributed by atoms with Crippen LogP contribution < -0.4 is 10.6 Å². The first-order valence-electron chi connectivity index (χ1n) is 17.3. The Morgan fingerprint density at radius 1 is 0.702 bits per heavy atom. The minimum absolute atomic E-state index is 0.108. The molecule has 2 fully saturated rings. The Kier molecular flexibility index (Phi) is 9.18. The van der Waals surface area contributed by atoms with E-state index in [0.717, 1.165) is 90.8 Å². The lowest BCUT2D eigenvalue weighted by molar-refractivity contribution is 0.590. The third-order valence-electron chi connectivity index (χ3n) is 9.62. The van der Waals surface area contributed by atoms with Gasteiger partial charge in [-0.1, -0.05) is 93.6 Å². The van der Waals surface area contributed by atoms with E-state index >= 15 is 0 Å². The highest BCUT2D eigenvalue weighted by molar-refractivity contribution is 6.13. The third-order valence-corrected chi connectivity index (χ3v) is 9.62. The maximum atomic E-state index is 5.20. The number of hydrogen-bond donors (Lipinski definition) is 4. The zero-order chi connectivity index (χ0) is 32.2. The van der Waals surface area contributed by atoms with Crippen LogP contribution in [-0.4, -0.2) is 45.3 Å². The van der Waals surface area contributed by atoms with Gasteiger partial charge >= 0.3 is 0 Å². The van der Waals surface area contributed by atoms with Gasteiger partial charge in [0.05, 0.1) is 41.6 Å². The molecule has 3 aromatic carbocycles. The van der Waals surface area contributed by atoms with Crippen LogP contribution in [0.15, 0.2) is 90.2 Å². The summed E-state index contributed by atoms with van der Waals surface area (Å²) in [7, 11) is 0. The highest BCUT2D eigenvalue weighted by atomic mass is 15.0. The SMILES string of the molecule is CC(C)(C)c1ccc(C(=NCCCc2ccc(-c3cnc(C4CCCN4)[nH]3)cc2)c2ccc(-c3cnc(C4CCCN4)[nH]3)cc2)cc1. The van der Waals surface area contributed by atoms with Crippen LogP contribution in [0.3, 0.4) is 0 Å². The molecule has 4 N–H and O–H groups in total. The predicted molar refractivity (Wildman–Crippen MR) is 192 cm³/mol. The molecule has 0 amide bonds. The lowest BCUT2D eigenvalue weighted by Gasteiger charge is -2.19. The van der Waals surface area contributed by atoms with E-state index in [1.54, 1.807) is 0 Å². The van der Waals surface area contributed by atoms with Crippen molar-refractivity contribution in [1.29, 1.82) is 0 Å². The number of aromatic nitrogens is 4. The van der Waals surface area contributed by atoms with Gasteiger partial charge in [0, 0.05) is 17.7 Å². The van der Waals surface area contributed by atoms with Crippen molar-refractivity contribution >= 4 is 5.71 Å². The second kappa shape index (κ2) is 13.8. The van der Waals surface area contributed by atoms with Gasteiger partial charge in [-0.05, 0) is 79.3 Å². The summed E-state index contributed by atoms with van der Waals surface area (Å²) in [5.74, 6) is 2.08. The molecule has 0 aliphatic carbocycles. The van der Waals surface area contributed by atoms with Gasteiger partial charge in [0.15, 0.2) is 0 Å². The molecular formula is C40H47N7. The van der Waals surface area contributed by atoms with Gasteiger partial charge in [-0.3, -0.25) is 4.99 Å². The van der Waals surface area contributed by atoms with Crippen molar-refractivity contribution in [1.82, 2.24) is 30.6 Å². The summed E-state index contributed by atoms with van der Waals surface area (Å²) in [6, 6.07) is 27.3. The van der Waals surface area contributed by atoms with Crippen LogP contribution in [-0.2, 0) is 11.8 Å². The molecule has 0 bridgehead atoms. The number of imidazole rings is 2. The molecule has 2 aliphatic rings. The van der Waals surface area contributed by atoms with Gasteiger partial charge in [-0.2, -0.15) is 0 Å². The van der Waals surface area contributed by atoms with E-state index < -0.39 is 0 Å². The Balaban J connectivity index is 1.04. The van der Waals surface area contributed by atoms with E-state index in [1.807, 2.05) is 12.4 Å². The van der Waals surface area contributed by atoms with Crippen molar-refractivity contribution in [3.63, 3.8) is 0 Å². The van der Waals surface area contributed by atoms with Crippen molar-refractivity contribution in [3.05, 3.63) is 119 Å². The van der Waals surface area contributed by atoms with E-state index in [4.69, 9.17) is 4.99 Å². The molecule has 7 heteroatoms. The second-order valence-corrected chi connectivity index (χ2v) is 14.1. The van der Waals surface area contributed by atoms with Crippen molar-refractivity contribution in [3.8, 4) is 22.5 Å². The summed E-state index contributed by atoms with van der Waals surface area (Å²) in [6.45, 7) is 9.66. The van der Waals surface area contributed by atoms with E-state index in [-0.39, 0.29) is 5.41 Å². The fraction of sp³-hybridized carbons (Fsp3) is 0.375. The zero-order valence-corrected chi connectivity index (χ0v) is 27.9. The standard InChI is InChI=1S/C40H47N7/c1-40(2,3)32-20-18-31(19-21-32)37(30-16-14-29(15-17-30)36-26-45-39(47-36)34-9-6-23-42-34)43-24-4-7-27-10-12-28(13-11-27)35-25-44-38(46-35)33-8-5-22-41-33/h10-21,25-26,33-34,41-42H,4-9,22-24H2,1-3H3,(H,44,46)(H,45,47). The third kappa shape index (κ3) is 7.32. The van der Waals surface area contributed by atoms with E-state index in [0.29, 0.717) is 12.1 Å². The molecule has 0 radical (unpaired) electrons. The molecule has 5 aromatic rings.